The molecule has 0 saturated heterocycles. The average Bonchev–Trinajstić information content (AvgIpc) is 2.30. The van der Waals surface area contributed by atoms with Crippen molar-refractivity contribution in [3.8, 4) is 5.75 Å². The molecule has 8 heteroatoms. The molecule has 1 aliphatic heterocycles. The Morgan fingerprint density at radius 1 is 1.42 bits per heavy atom. The molecule has 0 radical (unpaired) electrons. The monoisotopic (exact) mass is 276 g/mol. The predicted molar refractivity (Wildman–Crippen MR) is 60.7 cm³/mol. The topological polar surface area (TPSA) is 64.8 Å². The third-order valence-electron chi connectivity index (χ3n) is 2.51. The van der Waals surface area contributed by atoms with Crippen LogP contribution in [0.5, 0.6) is 5.75 Å². The van der Waals surface area contributed by atoms with Crippen LogP contribution in [0.2, 0.25) is 0 Å². The number of rotatable bonds is 3. The van der Waals surface area contributed by atoms with Crippen LogP contribution in [0, 0.1) is 0 Å². The van der Waals surface area contributed by atoms with E-state index in [2.05, 4.69) is 4.74 Å². The van der Waals surface area contributed by atoms with Gasteiger partial charge in [0.05, 0.1) is 12.3 Å². The number of nitrogens with two attached hydrogens (primary N) is 1. The Morgan fingerprint density at radius 3 is 2.84 bits per heavy atom. The highest BCUT2D eigenvalue weighted by Crippen LogP contribution is 2.33. The van der Waals surface area contributed by atoms with Crippen molar-refractivity contribution in [1.29, 1.82) is 0 Å². The molecule has 1 amide bonds. The molecule has 0 bridgehead atoms. The van der Waals surface area contributed by atoms with Crippen LogP contribution in [0.15, 0.2) is 18.2 Å². The number of hydrogen-bond donors (Lipinski definition) is 1. The molecule has 104 valence electrons. The standard InChI is InChI=1S/C11H11F3N2O3/c12-11(13,14)19-4-3-16-8-5-7(15)1-2-9(8)18-6-10(16)17/h1-2,5H,3-4,6,15H2. The summed E-state index contributed by atoms with van der Waals surface area (Å²) >= 11 is 0. The Labute approximate surface area is 106 Å². The number of carbonyl (C=O) groups excluding carboxylic acids is 1. The lowest BCUT2D eigenvalue weighted by Crippen LogP contribution is -2.41. The maximum Gasteiger partial charge on any atom is 0.522 e. The minimum atomic E-state index is -4.71. The fraction of sp³-hybridized carbons (Fsp3) is 0.364. The van der Waals surface area contributed by atoms with Crippen molar-refractivity contribution in [3.63, 3.8) is 0 Å². The number of hydrogen-bond acceptors (Lipinski definition) is 4. The third kappa shape index (κ3) is 3.28. The van der Waals surface area contributed by atoms with Crippen LogP contribution in [0.4, 0.5) is 24.5 Å². The van der Waals surface area contributed by atoms with E-state index in [1.54, 1.807) is 12.1 Å². The lowest BCUT2D eigenvalue weighted by Gasteiger charge is -2.29. The molecule has 5 nitrogen and oxygen atoms in total. The van der Waals surface area contributed by atoms with E-state index in [1.807, 2.05) is 0 Å². The largest absolute Gasteiger partial charge is 0.522 e. The van der Waals surface area contributed by atoms with Crippen LogP contribution in [0.1, 0.15) is 0 Å². The molecule has 0 aliphatic carbocycles. The van der Waals surface area contributed by atoms with E-state index in [1.165, 1.54) is 11.0 Å². The first-order valence-electron chi connectivity index (χ1n) is 5.40. The number of anilines is 2. The number of fused-ring (bicyclic) bond motifs is 1. The SMILES string of the molecule is Nc1ccc2c(c1)N(CCOC(F)(F)F)C(=O)CO2. The Hall–Kier alpha value is -1.96. The lowest BCUT2D eigenvalue weighted by atomic mass is 10.2. The van der Waals surface area contributed by atoms with Crippen molar-refractivity contribution >= 4 is 17.3 Å². The maximum atomic E-state index is 11.9. The van der Waals surface area contributed by atoms with Gasteiger partial charge in [-0.15, -0.1) is 13.2 Å². The second-order valence-electron chi connectivity index (χ2n) is 3.86. The van der Waals surface area contributed by atoms with Crippen LogP contribution in [0.3, 0.4) is 0 Å². The van der Waals surface area contributed by atoms with Crippen LogP contribution >= 0.6 is 0 Å². The van der Waals surface area contributed by atoms with E-state index >= 15 is 0 Å². The summed E-state index contributed by atoms with van der Waals surface area (Å²) in [5.74, 6) is -0.0373. The van der Waals surface area contributed by atoms with Crippen molar-refractivity contribution in [2.45, 2.75) is 6.36 Å². The summed E-state index contributed by atoms with van der Waals surface area (Å²) in [4.78, 5) is 12.8. The molecule has 0 fully saturated rings. The zero-order valence-electron chi connectivity index (χ0n) is 9.74. The Balaban J connectivity index is 2.12. The van der Waals surface area contributed by atoms with Gasteiger partial charge in [0.2, 0.25) is 0 Å². The van der Waals surface area contributed by atoms with Crippen molar-refractivity contribution < 1.29 is 27.4 Å². The summed E-state index contributed by atoms with van der Waals surface area (Å²) in [7, 11) is 0. The van der Waals surface area contributed by atoms with Gasteiger partial charge in [0, 0.05) is 12.2 Å². The molecule has 0 aromatic heterocycles. The van der Waals surface area contributed by atoms with Crippen molar-refractivity contribution in [3.05, 3.63) is 18.2 Å². The van der Waals surface area contributed by atoms with Gasteiger partial charge in [-0.2, -0.15) is 0 Å². The maximum absolute atomic E-state index is 11.9. The summed E-state index contributed by atoms with van der Waals surface area (Å²) in [6.45, 7) is -1.09. The van der Waals surface area contributed by atoms with Crippen molar-refractivity contribution in [2.24, 2.45) is 0 Å². The number of alkyl halides is 3. The van der Waals surface area contributed by atoms with Gasteiger partial charge < -0.3 is 15.4 Å². The number of nitrogens with zero attached hydrogens (tertiary/aromatic N) is 1. The van der Waals surface area contributed by atoms with Gasteiger partial charge in [-0.05, 0) is 18.2 Å². The number of halogens is 3. The van der Waals surface area contributed by atoms with E-state index in [9.17, 15) is 18.0 Å². The van der Waals surface area contributed by atoms with E-state index in [0.717, 1.165) is 0 Å². The average molecular weight is 276 g/mol. The zero-order chi connectivity index (χ0) is 14.0. The lowest BCUT2D eigenvalue weighted by molar-refractivity contribution is -0.323. The van der Waals surface area contributed by atoms with Crippen LogP contribution in [-0.4, -0.2) is 32.0 Å². The third-order valence-corrected chi connectivity index (χ3v) is 2.51. The predicted octanol–water partition coefficient (Wildman–Crippen LogP) is 1.53. The summed E-state index contributed by atoms with van der Waals surface area (Å²) in [5, 5.41) is 0. The molecule has 2 N–H and O–H groups in total. The quantitative estimate of drug-likeness (QED) is 0.850. The minimum Gasteiger partial charge on any atom is -0.482 e. The molecule has 1 heterocycles. The second-order valence-corrected chi connectivity index (χ2v) is 3.86. The summed E-state index contributed by atoms with van der Waals surface area (Å²) in [6.07, 6.45) is -4.71. The number of ether oxygens (including phenoxy) is 2. The highest BCUT2D eigenvalue weighted by Gasteiger charge is 2.31. The molecule has 1 aliphatic rings. The fourth-order valence-electron chi connectivity index (χ4n) is 1.72. The van der Waals surface area contributed by atoms with Gasteiger partial charge in [0.15, 0.2) is 6.61 Å². The molecule has 1 aromatic rings. The van der Waals surface area contributed by atoms with Crippen molar-refractivity contribution in [1.82, 2.24) is 0 Å². The number of benzene rings is 1. The Morgan fingerprint density at radius 2 is 2.16 bits per heavy atom. The van der Waals surface area contributed by atoms with Crippen LogP contribution < -0.4 is 15.4 Å². The first-order chi connectivity index (χ1) is 8.87. The smallest absolute Gasteiger partial charge is 0.482 e. The van der Waals surface area contributed by atoms with Gasteiger partial charge in [0.25, 0.3) is 5.91 Å². The fourth-order valence-corrected chi connectivity index (χ4v) is 1.72. The molecule has 2 rings (SSSR count). The van der Waals surface area contributed by atoms with E-state index < -0.39 is 18.9 Å². The van der Waals surface area contributed by atoms with Gasteiger partial charge in [0.1, 0.15) is 5.75 Å². The Bertz CT molecular complexity index is 491. The number of nitrogen functional groups attached to an aromatic ring is 1. The van der Waals surface area contributed by atoms with Crippen molar-refractivity contribution in [2.75, 3.05) is 30.4 Å². The molecule has 0 saturated carbocycles. The van der Waals surface area contributed by atoms with E-state index in [-0.39, 0.29) is 13.2 Å². The van der Waals surface area contributed by atoms with Crippen LogP contribution in [0.25, 0.3) is 0 Å². The summed E-state index contributed by atoms with van der Waals surface area (Å²) in [5.41, 5.74) is 6.32. The normalized spacial score (nSPS) is 15.1. The molecule has 0 spiro atoms. The Kier molecular flexibility index (Phi) is 3.52. The first-order valence-corrected chi connectivity index (χ1v) is 5.40. The van der Waals surface area contributed by atoms with Gasteiger partial charge >= 0.3 is 6.36 Å². The summed E-state index contributed by atoms with van der Waals surface area (Å²) < 4.78 is 44.5. The summed E-state index contributed by atoms with van der Waals surface area (Å²) in [6, 6.07) is 4.62. The van der Waals surface area contributed by atoms with E-state index in [0.29, 0.717) is 17.1 Å². The van der Waals surface area contributed by atoms with Crippen LogP contribution in [-0.2, 0) is 9.53 Å². The highest BCUT2D eigenvalue weighted by atomic mass is 19.4. The highest BCUT2D eigenvalue weighted by molar-refractivity contribution is 5.98. The number of amides is 1. The molecular formula is C11H11F3N2O3. The zero-order valence-corrected chi connectivity index (χ0v) is 9.74. The van der Waals surface area contributed by atoms with Gasteiger partial charge in [-0.1, -0.05) is 0 Å². The number of carbonyl (C=O) groups is 1. The van der Waals surface area contributed by atoms with E-state index in [4.69, 9.17) is 10.5 Å². The minimum absolute atomic E-state index is 0.219. The molecular weight excluding hydrogens is 265 g/mol. The first kappa shape index (κ1) is 13.5. The molecule has 19 heavy (non-hydrogen) atoms. The molecule has 1 aromatic carbocycles. The molecule has 0 unspecified atom stereocenters. The van der Waals surface area contributed by atoms with Gasteiger partial charge in [-0.25, -0.2) is 0 Å². The van der Waals surface area contributed by atoms with Gasteiger partial charge in [-0.3, -0.25) is 9.53 Å². The molecule has 0 atom stereocenters. The second kappa shape index (κ2) is 4.96.